The monoisotopic (exact) mass is 292 g/mol. The highest BCUT2D eigenvalue weighted by Crippen LogP contribution is 2.46. The zero-order valence-electron chi connectivity index (χ0n) is 11.5. The maximum Gasteiger partial charge on any atom is 0.244 e. The van der Waals surface area contributed by atoms with E-state index in [0.717, 1.165) is 39.0 Å². The van der Waals surface area contributed by atoms with Crippen LogP contribution in [0.5, 0.6) is 0 Å². The molecule has 1 aliphatic carbocycles. The van der Waals surface area contributed by atoms with Gasteiger partial charge in [0.05, 0.1) is 6.61 Å². The molecule has 2 unspecified atom stereocenters. The van der Waals surface area contributed by atoms with E-state index in [0.29, 0.717) is 11.8 Å². The molecule has 4 rings (SSSR count). The molecule has 0 radical (unpaired) electrons. The Kier molecular flexibility index (Phi) is 3.09. The van der Waals surface area contributed by atoms with Gasteiger partial charge in [-0.25, -0.2) is 0 Å². The first-order valence-corrected chi connectivity index (χ1v) is 8.41. The molecule has 2 saturated heterocycles. The van der Waals surface area contributed by atoms with E-state index in [9.17, 15) is 4.79 Å². The zero-order valence-corrected chi connectivity index (χ0v) is 12.3. The summed E-state index contributed by atoms with van der Waals surface area (Å²) in [7, 11) is 0. The van der Waals surface area contributed by atoms with Gasteiger partial charge in [-0.05, 0) is 48.1 Å². The Morgan fingerprint density at radius 3 is 3.05 bits per heavy atom. The Hall–Kier alpha value is -0.910. The van der Waals surface area contributed by atoms with Crippen LogP contribution < -0.4 is 5.32 Å². The molecule has 4 nitrogen and oxygen atoms in total. The first kappa shape index (κ1) is 12.8. The third kappa shape index (κ3) is 2.08. The number of carbonyl (C=O) groups is 1. The average Bonchev–Trinajstić information content (AvgIpc) is 2.96. The van der Waals surface area contributed by atoms with Gasteiger partial charge in [0, 0.05) is 19.1 Å². The van der Waals surface area contributed by atoms with Crippen molar-refractivity contribution in [3.05, 3.63) is 22.4 Å². The minimum absolute atomic E-state index is 0.0678. The number of amides is 1. The van der Waals surface area contributed by atoms with Crippen molar-refractivity contribution in [1.82, 2.24) is 10.2 Å². The SMILES string of the molecule is O=C1N(CC2CCCOC2)C(c2ccsc2)NC12CC2. The predicted octanol–water partition coefficient (Wildman–Crippen LogP) is 2.14. The van der Waals surface area contributed by atoms with Gasteiger partial charge < -0.3 is 9.64 Å². The molecule has 2 atom stereocenters. The summed E-state index contributed by atoms with van der Waals surface area (Å²) < 4.78 is 5.56. The van der Waals surface area contributed by atoms with Gasteiger partial charge in [0.15, 0.2) is 0 Å². The molecule has 3 heterocycles. The van der Waals surface area contributed by atoms with Gasteiger partial charge in [-0.3, -0.25) is 10.1 Å². The summed E-state index contributed by atoms with van der Waals surface area (Å²) in [5.74, 6) is 0.795. The molecule has 1 N–H and O–H groups in total. The number of nitrogens with one attached hydrogen (secondary N) is 1. The van der Waals surface area contributed by atoms with Crippen LogP contribution in [0.15, 0.2) is 16.8 Å². The number of nitrogens with zero attached hydrogens (tertiary/aromatic N) is 1. The Balaban J connectivity index is 1.55. The molecule has 20 heavy (non-hydrogen) atoms. The smallest absolute Gasteiger partial charge is 0.244 e. The summed E-state index contributed by atoms with van der Waals surface area (Å²) in [5.41, 5.74) is 0.992. The average molecular weight is 292 g/mol. The van der Waals surface area contributed by atoms with Crippen LogP contribution in [-0.2, 0) is 9.53 Å². The standard InChI is InChI=1S/C15H20N2O2S/c18-14-15(4-5-15)16-13(12-3-7-20-10-12)17(14)8-11-2-1-6-19-9-11/h3,7,10-11,13,16H,1-2,4-6,8-9H2. The van der Waals surface area contributed by atoms with Crippen LogP contribution in [-0.4, -0.2) is 36.1 Å². The molecule has 0 bridgehead atoms. The fourth-order valence-electron chi connectivity index (χ4n) is 3.39. The van der Waals surface area contributed by atoms with Crippen LogP contribution in [0.4, 0.5) is 0 Å². The summed E-state index contributed by atoms with van der Waals surface area (Å²) in [6.07, 6.45) is 4.34. The lowest BCUT2D eigenvalue weighted by Crippen LogP contribution is -2.38. The van der Waals surface area contributed by atoms with Crippen LogP contribution >= 0.6 is 11.3 Å². The van der Waals surface area contributed by atoms with E-state index in [2.05, 4.69) is 27.0 Å². The van der Waals surface area contributed by atoms with Gasteiger partial charge >= 0.3 is 0 Å². The fourth-order valence-corrected chi connectivity index (χ4v) is 4.07. The third-order valence-electron chi connectivity index (χ3n) is 4.71. The summed E-state index contributed by atoms with van der Waals surface area (Å²) >= 11 is 1.69. The van der Waals surface area contributed by atoms with Crippen molar-refractivity contribution in [1.29, 1.82) is 0 Å². The number of ether oxygens (including phenoxy) is 1. The summed E-state index contributed by atoms with van der Waals surface area (Å²) in [6.45, 7) is 2.50. The van der Waals surface area contributed by atoms with Crippen molar-refractivity contribution in [3.8, 4) is 0 Å². The number of hydrogen-bond acceptors (Lipinski definition) is 4. The Labute approximate surface area is 123 Å². The lowest BCUT2D eigenvalue weighted by molar-refractivity contribution is -0.132. The molecule has 1 saturated carbocycles. The van der Waals surface area contributed by atoms with Crippen molar-refractivity contribution in [3.63, 3.8) is 0 Å². The summed E-state index contributed by atoms with van der Waals surface area (Å²) in [6, 6.07) is 2.13. The molecule has 1 amide bonds. The molecule has 3 aliphatic rings. The number of carbonyl (C=O) groups excluding carboxylic acids is 1. The van der Waals surface area contributed by atoms with E-state index < -0.39 is 0 Å². The first-order chi connectivity index (χ1) is 9.78. The first-order valence-electron chi connectivity index (χ1n) is 7.47. The molecule has 1 spiro atoms. The van der Waals surface area contributed by atoms with Crippen LogP contribution in [0.25, 0.3) is 0 Å². The predicted molar refractivity (Wildman–Crippen MR) is 77.4 cm³/mol. The second-order valence-corrected chi connectivity index (χ2v) is 7.01. The zero-order chi connectivity index (χ0) is 13.6. The number of hydrogen-bond donors (Lipinski definition) is 1. The van der Waals surface area contributed by atoms with Gasteiger partial charge in [0.1, 0.15) is 11.7 Å². The van der Waals surface area contributed by atoms with Crippen LogP contribution in [0.2, 0.25) is 0 Å². The Morgan fingerprint density at radius 1 is 1.50 bits per heavy atom. The maximum atomic E-state index is 12.7. The molecular weight excluding hydrogens is 272 g/mol. The Morgan fingerprint density at radius 2 is 2.40 bits per heavy atom. The van der Waals surface area contributed by atoms with E-state index >= 15 is 0 Å². The van der Waals surface area contributed by atoms with Crippen molar-refractivity contribution >= 4 is 17.2 Å². The van der Waals surface area contributed by atoms with Gasteiger partial charge in [-0.1, -0.05) is 0 Å². The fraction of sp³-hybridized carbons (Fsp3) is 0.667. The second-order valence-electron chi connectivity index (χ2n) is 6.23. The molecule has 1 aromatic rings. The highest BCUT2D eigenvalue weighted by molar-refractivity contribution is 7.07. The number of thiophene rings is 1. The molecular formula is C15H20N2O2S. The minimum Gasteiger partial charge on any atom is -0.381 e. The van der Waals surface area contributed by atoms with Crippen molar-refractivity contribution < 1.29 is 9.53 Å². The summed E-state index contributed by atoms with van der Waals surface area (Å²) in [4.78, 5) is 14.8. The van der Waals surface area contributed by atoms with E-state index in [1.807, 2.05) is 0 Å². The lowest BCUT2D eigenvalue weighted by Gasteiger charge is -2.30. The molecule has 1 aromatic heterocycles. The van der Waals surface area contributed by atoms with Gasteiger partial charge in [-0.15, -0.1) is 0 Å². The molecule has 0 aromatic carbocycles. The number of rotatable bonds is 3. The topological polar surface area (TPSA) is 41.6 Å². The Bertz CT molecular complexity index is 492. The summed E-state index contributed by atoms with van der Waals surface area (Å²) in [5, 5.41) is 7.81. The lowest BCUT2D eigenvalue weighted by atomic mass is 10.0. The van der Waals surface area contributed by atoms with Crippen molar-refractivity contribution in [2.75, 3.05) is 19.8 Å². The van der Waals surface area contributed by atoms with Crippen molar-refractivity contribution in [2.45, 2.75) is 37.4 Å². The van der Waals surface area contributed by atoms with Crippen LogP contribution in [0.3, 0.4) is 0 Å². The van der Waals surface area contributed by atoms with Gasteiger partial charge in [0.25, 0.3) is 0 Å². The van der Waals surface area contributed by atoms with Gasteiger partial charge in [-0.2, -0.15) is 11.3 Å². The van der Waals surface area contributed by atoms with Crippen molar-refractivity contribution in [2.24, 2.45) is 5.92 Å². The highest BCUT2D eigenvalue weighted by Gasteiger charge is 2.59. The largest absolute Gasteiger partial charge is 0.381 e. The van der Waals surface area contributed by atoms with Gasteiger partial charge in [0.2, 0.25) is 5.91 Å². The quantitative estimate of drug-likeness (QED) is 0.928. The van der Waals surface area contributed by atoms with E-state index in [-0.39, 0.29) is 11.7 Å². The molecule has 5 heteroatoms. The second kappa shape index (κ2) is 4.83. The molecule has 2 aliphatic heterocycles. The van der Waals surface area contributed by atoms with E-state index in [1.54, 1.807) is 11.3 Å². The third-order valence-corrected chi connectivity index (χ3v) is 5.41. The van der Waals surface area contributed by atoms with E-state index in [1.165, 1.54) is 12.0 Å². The highest BCUT2D eigenvalue weighted by atomic mass is 32.1. The normalized spacial score (nSPS) is 32.0. The van der Waals surface area contributed by atoms with Crippen LogP contribution in [0.1, 0.15) is 37.4 Å². The molecule has 3 fully saturated rings. The van der Waals surface area contributed by atoms with Crippen LogP contribution in [0, 0.1) is 5.92 Å². The van der Waals surface area contributed by atoms with E-state index in [4.69, 9.17) is 4.74 Å². The minimum atomic E-state index is -0.234. The molecule has 108 valence electrons. The maximum absolute atomic E-state index is 12.7.